The van der Waals surface area contributed by atoms with E-state index in [1.807, 2.05) is 24.6 Å². The zero-order valence-corrected chi connectivity index (χ0v) is 16.0. The zero-order valence-electron chi connectivity index (χ0n) is 15.2. The number of hydrogen-bond donors (Lipinski definition) is 0. The Morgan fingerprint density at radius 2 is 2.12 bits per heavy atom. The number of carbonyl (C=O) groups excluding carboxylic acids is 1. The molecule has 1 amide bonds. The van der Waals surface area contributed by atoms with Gasteiger partial charge in [-0.15, -0.1) is 11.3 Å². The van der Waals surface area contributed by atoms with Crippen LogP contribution in [0.3, 0.4) is 0 Å². The highest BCUT2D eigenvalue weighted by atomic mass is 32.1. The molecule has 140 valence electrons. The summed E-state index contributed by atoms with van der Waals surface area (Å²) in [7, 11) is 1.86. The Hall–Kier alpha value is -1.72. The number of thiophene rings is 1. The molecule has 2 unspecified atom stereocenters. The molecule has 0 saturated carbocycles. The Morgan fingerprint density at radius 1 is 1.31 bits per heavy atom. The molecular weight excluding hydrogens is 349 g/mol. The number of halogens is 1. The van der Waals surface area contributed by atoms with Gasteiger partial charge in [-0.1, -0.05) is 18.2 Å². The fraction of sp³-hybridized carbons (Fsp3) is 0.476. The van der Waals surface area contributed by atoms with Crippen LogP contribution in [0.2, 0.25) is 0 Å². The summed E-state index contributed by atoms with van der Waals surface area (Å²) in [5, 5.41) is 2.02. The second-order valence-electron chi connectivity index (χ2n) is 6.92. The minimum absolute atomic E-state index is 0.0841. The van der Waals surface area contributed by atoms with Crippen LogP contribution in [-0.4, -0.2) is 37.1 Å². The molecule has 0 bridgehead atoms. The lowest BCUT2D eigenvalue weighted by molar-refractivity contribution is -0.132. The quantitative estimate of drug-likeness (QED) is 0.706. The monoisotopic (exact) mass is 375 g/mol. The van der Waals surface area contributed by atoms with E-state index in [0.717, 1.165) is 36.3 Å². The first-order chi connectivity index (χ1) is 12.6. The van der Waals surface area contributed by atoms with E-state index in [-0.39, 0.29) is 23.7 Å². The van der Waals surface area contributed by atoms with E-state index in [2.05, 4.69) is 0 Å². The molecule has 1 aromatic heterocycles. The standard InChI is InChI=1S/C21H26FNO2S/c1-23(12-11-18-5-2-3-13-25-18)21(24)20(15-19-6-4-14-26-19)16-7-9-17(22)10-8-16/h4,6-10,14,18,20H,2-3,5,11-13,15H2,1H3. The van der Waals surface area contributed by atoms with E-state index < -0.39 is 0 Å². The van der Waals surface area contributed by atoms with Crippen LogP contribution >= 0.6 is 11.3 Å². The van der Waals surface area contributed by atoms with Crippen molar-refractivity contribution in [1.82, 2.24) is 4.90 Å². The molecule has 2 heterocycles. The Labute approximate surface area is 158 Å². The first kappa shape index (κ1) is 19.1. The van der Waals surface area contributed by atoms with Crippen LogP contribution in [0.5, 0.6) is 0 Å². The first-order valence-electron chi connectivity index (χ1n) is 9.28. The van der Waals surface area contributed by atoms with Gasteiger partial charge in [0.05, 0.1) is 12.0 Å². The van der Waals surface area contributed by atoms with Gasteiger partial charge >= 0.3 is 0 Å². The fourth-order valence-electron chi connectivity index (χ4n) is 3.42. The Kier molecular flexibility index (Phi) is 6.80. The third kappa shape index (κ3) is 5.15. The molecule has 26 heavy (non-hydrogen) atoms. The number of nitrogens with zero attached hydrogens (tertiary/aromatic N) is 1. The van der Waals surface area contributed by atoms with Crippen molar-refractivity contribution in [2.75, 3.05) is 20.2 Å². The predicted molar refractivity (Wildman–Crippen MR) is 103 cm³/mol. The van der Waals surface area contributed by atoms with Crippen molar-refractivity contribution in [3.8, 4) is 0 Å². The largest absolute Gasteiger partial charge is 0.378 e. The third-order valence-electron chi connectivity index (χ3n) is 4.99. The number of ether oxygens (including phenoxy) is 1. The average molecular weight is 376 g/mol. The number of carbonyl (C=O) groups is 1. The summed E-state index contributed by atoms with van der Waals surface area (Å²) < 4.78 is 19.1. The molecule has 1 aromatic carbocycles. The van der Waals surface area contributed by atoms with E-state index in [9.17, 15) is 9.18 Å². The van der Waals surface area contributed by atoms with Crippen molar-refractivity contribution >= 4 is 17.2 Å². The molecule has 1 saturated heterocycles. The molecule has 2 atom stereocenters. The highest BCUT2D eigenvalue weighted by molar-refractivity contribution is 7.09. The fourth-order valence-corrected chi connectivity index (χ4v) is 4.17. The maximum atomic E-state index is 13.3. The number of amides is 1. The van der Waals surface area contributed by atoms with Gasteiger partial charge < -0.3 is 9.64 Å². The average Bonchev–Trinajstić information content (AvgIpc) is 3.18. The summed E-state index contributed by atoms with van der Waals surface area (Å²) in [4.78, 5) is 16.1. The Morgan fingerprint density at radius 3 is 2.77 bits per heavy atom. The summed E-state index contributed by atoms with van der Waals surface area (Å²) in [6.45, 7) is 1.52. The van der Waals surface area contributed by atoms with Gasteiger partial charge in [0.25, 0.3) is 0 Å². The van der Waals surface area contributed by atoms with Crippen LogP contribution < -0.4 is 0 Å². The maximum Gasteiger partial charge on any atom is 0.230 e. The lowest BCUT2D eigenvalue weighted by Crippen LogP contribution is -2.35. The zero-order chi connectivity index (χ0) is 18.4. The van der Waals surface area contributed by atoms with Crippen molar-refractivity contribution in [3.05, 3.63) is 58.0 Å². The number of hydrogen-bond acceptors (Lipinski definition) is 3. The molecule has 1 aliphatic heterocycles. The predicted octanol–water partition coefficient (Wildman–Crippen LogP) is 4.63. The van der Waals surface area contributed by atoms with Gasteiger partial charge in [0.2, 0.25) is 5.91 Å². The van der Waals surface area contributed by atoms with Crippen LogP contribution in [0, 0.1) is 5.82 Å². The van der Waals surface area contributed by atoms with E-state index in [1.54, 1.807) is 28.4 Å². The summed E-state index contributed by atoms with van der Waals surface area (Å²) in [6, 6.07) is 10.4. The van der Waals surface area contributed by atoms with Gasteiger partial charge in [0.1, 0.15) is 5.82 Å². The molecule has 0 radical (unpaired) electrons. The minimum atomic E-state index is -0.286. The van der Waals surface area contributed by atoms with Crippen LogP contribution in [-0.2, 0) is 16.0 Å². The number of benzene rings is 1. The second kappa shape index (κ2) is 9.28. The van der Waals surface area contributed by atoms with Gasteiger partial charge in [-0.05, 0) is 61.2 Å². The van der Waals surface area contributed by atoms with E-state index in [4.69, 9.17) is 4.74 Å². The number of rotatable bonds is 7. The second-order valence-corrected chi connectivity index (χ2v) is 7.96. The lowest BCUT2D eigenvalue weighted by Gasteiger charge is -2.27. The normalized spacial score (nSPS) is 18.5. The van der Waals surface area contributed by atoms with Crippen molar-refractivity contribution < 1.29 is 13.9 Å². The molecule has 0 N–H and O–H groups in total. The SMILES string of the molecule is CN(CCC1CCCCO1)C(=O)C(Cc1cccs1)c1ccc(F)cc1. The summed E-state index contributed by atoms with van der Waals surface area (Å²) >= 11 is 1.65. The molecule has 3 rings (SSSR count). The molecule has 3 nitrogen and oxygen atoms in total. The molecular formula is C21H26FNO2S. The van der Waals surface area contributed by atoms with Crippen LogP contribution in [0.25, 0.3) is 0 Å². The van der Waals surface area contributed by atoms with Crippen molar-refractivity contribution in [2.24, 2.45) is 0 Å². The molecule has 0 spiro atoms. The molecule has 5 heteroatoms. The Bertz CT molecular complexity index is 681. The van der Waals surface area contributed by atoms with Crippen molar-refractivity contribution in [1.29, 1.82) is 0 Å². The van der Waals surface area contributed by atoms with Gasteiger partial charge in [-0.3, -0.25) is 4.79 Å². The summed E-state index contributed by atoms with van der Waals surface area (Å²) in [5.41, 5.74) is 0.866. The topological polar surface area (TPSA) is 29.5 Å². The third-order valence-corrected chi connectivity index (χ3v) is 5.89. The van der Waals surface area contributed by atoms with Crippen LogP contribution in [0.15, 0.2) is 41.8 Å². The number of likely N-dealkylation sites (N-methyl/N-ethyl adjacent to an activating group) is 1. The van der Waals surface area contributed by atoms with E-state index >= 15 is 0 Å². The molecule has 2 aromatic rings. The van der Waals surface area contributed by atoms with Gasteiger partial charge in [-0.2, -0.15) is 0 Å². The molecule has 0 aliphatic carbocycles. The van der Waals surface area contributed by atoms with Crippen LogP contribution in [0.4, 0.5) is 4.39 Å². The van der Waals surface area contributed by atoms with E-state index in [0.29, 0.717) is 13.0 Å². The lowest BCUT2D eigenvalue weighted by atomic mass is 9.93. The van der Waals surface area contributed by atoms with Crippen molar-refractivity contribution in [2.45, 2.75) is 44.1 Å². The van der Waals surface area contributed by atoms with Gasteiger partial charge in [0.15, 0.2) is 0 Å². The van der Waals surface area contributed by atoms with Crippen LogP contribution in [0.1, 0.15) is 42.0 Å². The highest BCUT2D eigenvalue weighted by Crippen LogP contribution is 2.26. The van der Waals surface area contributed by atoms with Gasteiger partial charge in [0, 0.05) is 25.1 Å². The van der Waals surface area contributed by atoms with Gasteiger partial charge in [-0.25, -0.2) is 4.39 Å². The van der Waals surface area contributed by atoms with Crippen molar-refractivity contribution in [3.63, 3.8) is 0 Å². The highest BCUT2D eigenvalue weighted by Gasteiger charge is 2.25. The summed E-state index contributed by atoms with van der Waals surface area (Å²) in [6.07, 6.45) is 5.21. The smallest absolute Gasteiger partial charge is 0.230 e. The Balaban J connectivity index is 1.67. The molecule has 1 fully saturated rings. The first-order valence-corrected chi connectivity index (χ1v) is 10.2. The van der Waals surface area contributed by atoms with E-state index in [1.165, 1.54) is 18.6 Å². The molecule has 1 aliphatic rings. The minimum Gasteiger partial charge on any atom is -0.378 e. The summed E-state index contributed by atoms with van der Waals surface area (Å²) in [5.74, 6) is -0.480. The maximum absolute atomic E-state index is 13.3.